The van der Waals surface area contributed by atoms with Crippen LogP contribution in [0.4, 0.5) is 0 Å². The molecule has 2 N–H and O–H groups in total. The van der Waals surface area contributed by atoms with Crippen molar-refractivity contribution in [3.8, 4) is 0 Å². The Hall–Kier alpha value is -1.68. The summed E-state index contributed by atoms with van der Waals surface area (Å²) < 4.78 is 0. The van der Waals surface area contributed by atoms with Crippen LogP contribution in [0.15, 0.2) is 35.5 Å². The van der Waals surface area contributed by atoms with Gasteiger partial charge in [-0.15, -0.1) is 0 Å². The Bertz CT molecular complexity index is 408. The molecule has 4 heteroatoms. The maximum atomic E-state index is 11.7. The molecule has 2 aliphatic rings. The van der Waals surface area contributed by atoms with Crippen LogP contribution in [0.2, 0.25) is 0 Å². The molecule has 0 fully saturated rings. The first-order valence-corrected chi connectivity index (χ1v) is 6.10. The van der Waals surface area contributed by atoms with E-state index in [-0.39, 0.29) is 18.0 Å². The molecule has 0 aromatic carbocycles. The van der Waals surface area contributed by atoms with Crippen molar-refractivity contribution < 1.29 is 9.59 Å². The molecule has 0 aromatic rings. The van der Waals surface area contributed by atoms with E-state index in [0.717, 1.165) is 18.3 Å². The topological polar surface area (TPSA) is 58.2 Å². The van der Waals surface area contributed by atoms with E-state index < -0.39 is 0 Å². The summed E-state index contributed by atoms with van der Waals surface area (Å²) in [6, 6.07) is -0.105. The van der Waals surface area contributed by atoms with Crippen LogP contribution in [0, 0.1) is 0 Å². The number of aldehydes is 1. The van der Waals surface area contributed by atoms with Gasteiger partial charge in [0.25, 0.3) is 0 Å². The number of amides is 1. The lowest BCUT2D eigenvalue weighted by Gasteiger charge is -2.29. The van der Waals surface area contributed by atoms with Crippen LogP contribution >= 0.6 is 0 Å². The number of likely N-dealkylation sites (N-methyl/N-ethyl adjacent to an activating group) is 1. The Kier molecular flexibility index (Phi) is 5.52. The Labute approximate surface area is 108 Å². The summed E-state index contributed by atoms with van der Waals surface area (Å²) in [5, 5.41) is 6.01. The van der Waals surface area contributed by atoms with Gasteiger partial charge in [0.2, 0.25) is 5.91 Å². The molecule has 0 aromatic heterocycles. The number of allylic oxidation sites excluding steroid dienone is 2. The molecule has 0 saturated heterocycles. The second-order valence-corrected chi connectivity index (χ2v) is 4.14. The van der Waals surface area contributed by atoms with Crippen LogP contribution in [-0.4, -0.2) is 31.3 Å². The Morgan fingerprint density at radius 1 is 1.33 bits per heavy atom. The zero-order valence-electron chi connectivity index (χ0n) is 11.1. The number of hydrogen-bond acceptors (Lipinski definition) is 3. The van der Waals surface area contributed by atoms with Crippen molar-refractivity contribution >= 4 is 12.2 Å². The maximum absolute atomic E-state index is 11.7. The van der Waals surface area contributed by atoms with Crippen molar-refractivity contribution in [2.24, 2.45) is 0 Å². The quantitative estimate of drug-likeness (QED) is 0.683. The number of carbonyl (C=O) groups excluding carboxylic acids is 2. The van der Waals surface area contributed by atoms with E-state index in [0.29, 0.717) is 0 Å². The number of carbonyl (C=O) groups is 2. The fourth-order valence-corrected chi connectivity index (χ4v) is 2.12. The lowest BCUT2D eigenvalue weighted by molar-refractivity contribution is -0.123. The van der Waals surface area contributed by atoms with Crippen molar-refractivity contribution in [3.05, 3.63) is 35.5 Å². The van der Waals surface area contributed by atoms with Crippen LogP contribution in [0.3, 0.4) is 0 Å². The second kappa shape index (κ2) is 6.91. The van der Waals surface area contributed by atoms with E-state index >= 15 is 0 Å². The Morgan fingerprint density at radius 3 is 2.44 bits per heavy atom. The molecular formula is C14H20N2O2. The molecule has 1 heterocycles. The highest BCUT2D eigenvalue weighted by atomic mass is 16.2. The third kappa shape index (κ3) is 3.17. The first kappa shape index (κ1) is 14.4. The van der Waals surface area contributed by atoms with E-state index in [1.54, 1.807) is 0 Å². The van der Waals surface area contributed by atoms with Gasteiger partial charge < -0.3 is 15.4 Å². The zero-order chi connectivity index (χ0) is 13.5. The van der Waals surface area contributed by atoms with Gasteiger partial charge in [-0.2, -0.15) is 0 Å². The second-order valence-electron chi connectivity index (χ2n) is 4.14. The van der Waals surface area contributed by atoms with Crippen LogP contribution in [0.1, 0.15) is 20.3 Å². The highest BCUT2D eigenvalue weighted by Gasteiger charge is 2.30. The Balaban J connectivity index is 0.000000492. The highest BCUT2D eigenvalue weighted by molar-refractivity contribution is 5.88. The van der Waals surface area contributed by atoms with E-state index in [4.69, 9.17) is 4.79 Å². The largest absolute Gasteiger partial charge is 0.348 e. The molecule has 2 unspecified atom stereocenters. The lowest BCUT2D eigenvalue weighted by Crippen LogP contribution is -2.51. The van der Waals surface area contributed by atoms with Gasteiger partial charge in [-0.3, -0.25) is 4.79 Å². The maximum Gasteiger partial charge on any atom is 0.242 e. The lowest BCUT2D eigenvalue weighted by atomic mass is 9.91. The van der Waals surface area contributed by atoms with Gasteiger partial charge in [0.15, 0.2) is 0 Å². The third-order valence-corrected chi connectivity index (χ3v) is 2.89. The average molecular weight is 248 g/mol. The van der Waals surface area contributed by atoms with Crippen molar-refractivity contribution in [1.82, 2.24) is 10.6 Å². The van der Waals surface area contributed by atoms with Crippen LogP contribution in [0.25, 0.3) is 0 Å². The fraction of sp³-hybridized carbons (Fsp3) is 0.429. The van der Waals surface area contributed by atoms with Gasteiger partial charge in [-0.1, -0.05) is 24.3 Å². The minimum Gasteiger partial charge on any atom is -0.348 e. The fourth-order valence-electron chi connectivity index (χ4n) is 2.12. The highest BCUT2D eigenvalue weighted by Crippen LogP contribution is 2.23. The van der Waals surface area contributed by atoms with Gasteiger partial charge in [0.05, 0.1) is 6.04 Å². The summed E-state index contributed by atoms with van der Waals surface area (Å²) >= 11 is 0. The van der Waals surface area contributed by atoms with Crippen molar-refractivity contribution in [2.75, 3.05) is 7.05 Å². The summed E-state index contributed by atoms with van der Waals surface area (Å²) in [5.74, 6) is 0.0590. The molecule has 1 aliphatic heterocycles. The summed E-state index contributed by atoms with van der Waals surface area (Å²) in [4.78, 5) is 20.5. The molecule has 2 atom stereocenters. The van der Waals surface area contributed by atoms with Crippen molar-refractivity contribution in [1.29, 1.82) is 0 Å². The third-order valence-electron chi connectivity index (χ3n) is 2.89. The van der Waals surface area contributed by atoms with E-state index in [9.17, 15) is 4.79 Å². The van der Waals surface area contributed by atoms with Gasteiger partial charge in [-0.25, -0.2) is 0 Å². The normalized spacial score (nSPS) is 25.6. The van der Waals surface area contributed by atoms with Crippen LogP contribution in [0.5, 0.6) is 0 Å². The van der Waals surface area contributed by atoms with Gasteiger partial charge in [-0.05, 0) is 38.5 Å². The summed E-state index contributed by atoms with van der Waals surface area (Å²) in [5.41, 5.74) is 2.31. The van der Waals surface area contributed by atoms with E-state index in [2.05, 4.69) is 34.9 Å². The first-order valence-electron chi connectivity index (χ1n) is 6.10. The molecule has 0 spiro atoms. The minimum atomic E-state index is -0.213. The predicted octanol–water partition coefficient (Wildman–Crippen LogP) is 1.11. The molecular weight excluding hydrogens is 228 g/mol. The number of hydrogen-bond donors (Lipinski definition) is 2. The van der Waals surface area contributed by atoms with Crippen LogP contribution < -0.4 is 10.6 Å². The monoisotopic (exact) mass is 248 g/mol. The van der Waals surface area contributed by atoms with Crippen molar-refractivity contribution in [3.63, 3.8) is 0 Å². The van der Waals surface area contributed by atoms with Gasteiger partial charge in [0, 0.05) is 0 Å². The molecule has 0 radical (unpaired) electrons. The minimum absolute atomic E-state index is 0.0590. The van der Waals surface area contributed by atoms with Gasteiger partial charge in [0.1, 0.15) is 12.3 Å². The molecule has 1 aliphatic carbocycles. The van der Waals surface area contributed by atoms with E-state index in [1.165, 1.54) is 12.5 Å². The first-order chi connectivity index (χ1) is 8.65. The summed E-state index contributed by atoms with van der Waals surface area (Å²) in [6.45, 7) is 3.46. The Morgan fingerprint density at radius 2 is 1.89 bits per heavy atom. The van der Waals surface area contributed by atoms with Crippen LogP contribution in [-0.2, 0) is 9.59 Å². The molecule has 0 saturated carbocycles. The van der Waals surface area contributed by atoms with Crippen molar-refractivity contribution in [2.45, 2.75) is 32.4 Å². The SMILES string of the molecule is CC=O.CNC1C(=O)NC(C)C2=C1C=CCC=C2. The summed E-state index contributed by atoms with van der Waals surface area (Å²) in [6.07, 6.45) is 10.1. The molecule has 98 valence electrons. The molecule has 18 heavy (non-hydrogen) atoms. The zero-order valence-corrected chi connectivity index (χ0v) is 11.1. The molecule has 4 nitrogen and oxygen atoms in total. The molecule has 0 bridgehead atoms. The van der Waals surface area contributed by atoms with E-state index in [1.807, 2.05) is 14.0 Å². The summed E-state index contributed by atoms with van der Waals surface area (Å²) in [7, 11) is 1.81. The molecule has 2 rings (SSSR count). The number of nitrogens with one attached hydrogen (secondary N) is 2. The number of rotatable bonds is 1. The predicted molar refractivity (Wildman–Crippen MR) is 72.1 cm³/mol. The van der Waals surface area contributed by atoms with Gasteiger partial charge >= 0.3 is 0 Å². The standard InChI is InChI=1S/C12H16N2O.C2H4O/c1-8-9-6-4-3-5-7-10(9)11(13-2)12(15)14-8;1-2-3/h4-8,11,13H,3H2,1-2H3,(H,14,15);2H,1H3. The smallest absolute Gasteiger partial charge is 0.242 e. The molecule has 1 amide bonds. The average Bonchev–Trinajstić information content (AvgIpc) is 2.56.